The molecule has 6 heteroatoms. The Morgan fingerprint density at radius 2 is 2.05 bits per heavy atom. The number of rotatable bonds is 4. The first kappa shape index (κ1) is 14.1. The van der Waals surface area contributed by atoms with Crippen LogP contribution in [0.3, 0.4) is 0 Å². The van der Waals surface area contributed by atoms with Crippen molar-refractivity contribution in [2.75, 3.05) is 0 Å². The predicted molar refractivity (Wildman–Crippen MR) is 80.9 cm³/mol. The molecule has 0 spiro atoms. The zero-order chi connectivity index (χ0) is 14.0. The zero-order valence-electron chi connectivity index (χ0n) is 10.6. The molecule has 0 fully saturated rings. The van der Waals surface area contributed by atoms with Crippen molar-refractivity contribution in [3.05, 3.63) is 34.9 Å². The second-order valence-electron chi connectivity index (χ2n) is 4.15. The van der Waals surface area contributed by atoms with Gasteiger partial charge in [0.25, 0.3) is 0 Å². The van der Waals surface area contributed by atoms with Crippen molar-refractivity contribution in [2.24, 2.45) is 12.8 Å². The third-order valence-corrected chi connectivity index (χ3v) is 4.47. The number of nitrogens with two attached hydrogens (primary N) is 1. The molecule has 0 radical (unpaired) electrons. The number of nitrogens with zero attached hydrogens (tertiary/aromatic N) is 2. The lowest BCUT2D eigenvalue weighted by Gasteiger charge is -2.08. The molecule has 1 aromatic carbocycles. The van der Waals surface area contributed by atoms with Crippen molar-refractivity contribution in [1.82, 2.24) is 9.55 Å². The average molecular weight is 340 g/mol. The van der Waals surface area contributed by atoms with Gasteiger partial charge in [-0.3, -0.25) is 4.79 Å². The highest BCUT2D eigenvalue weighted by Crippen LogP contribution is 2.27. The second kappa shape index (κ2) is 5.79. The monoisotopic (exact) mass is 339 g/mol. The van der Waals surface area contributed by atoms with Crippen LogP contribution in [0.5, 0.6) is 0 Å². The molecule has 0 aliphatic carbocycles. The van der Waals surface area contributed by atoms with Gasteiger partial charge < -0.3 is 10.3 Å². The smallest absolute Gasteiger partial charge is 0.230 e. The summed E-state index contributed by atoms with van der Waals surface area (Å²) in [5.74, 6) is -0.335. The van der Waals surface area contributed by atoms with Gasteiger partial charge in [-0.2, -0.15) is 0 Å². The molecular formula is C13H14BrN3OS. The third-order valence-electron chi connectivity index (χ3n) is 2.77. The van der Waals surface area contributed by atoms with E-state index in [0.717, 1.165) is 20.9 Å². The molecule has 0 bridgehead atoms. The van der Waals surface area contributed by atoms with Crippen molar-refractivity contribution in [1.29, 1.82) is 0 Å². The Balaban J connectivity index is 2.27. The normalized spacial score (nSPS) is 12.4. The van der Waals surface area contributed by atoms with Gasteiger partial charge >= 0.3 is 0 Å². The highest BCUT2D eigenvalue weighted by molar-refractivity contribution is 9.10. The lowest BCUT2D eigenvalue weighted by Crippen LogP contribution is -2.22. The quantitative estimate of drug-likeness (QED) is 0.871. The first-order chi connectivity index (χ1) is 8.99. The molecule has 0 unspecified atom stereocenters. The summed E-state index contributed by atoms with van der Waals surface area (Å²) in [4.78, 5) is 15.4. The van der Waals surface area contributed by atoms with E-state index < -0.39 is 0 Å². The van der Waals surface area contributed by atoms with E-state index >= 15 is 0 Å². The van der Waals surface area contributed by atoms with E-state index in [1.54, 1.807) is 13.1 Å². The number of carbonyl (C=O) groups is 1. The number of aromatic nitrogens is 2. The number of imidazole rings is 1. The number of thioether (sulfide) groups is 1. The molecule has 1 aromatic heterocycles. The van der Waals surface area contributed by atoms with Gasteiger partial charge in [0.05, 0.1) is 17.1 Å². The number of amides is 1. The van der Waals surface area contributed by atoms with E-state index in [4.69, 9.17) is 5.73 Å². The van der Waals surface area contributed by atoms with E-state index in [2.05, 4.69) is 20.9 Å². The molecule has 0 aliphatic rings. The van der Waals surface area contributed by atoms with E-state index in [-0.39, 0.29) is 11.2 Å². The van der Waals surface area contributed by atoms with Crippen molar-refractivity contribution in [2.45, 2.75) is 17.3 Å². The molecule has 4 nitrogen and oxygen atoms in total. The fourth-order valence-electron chi connectivity index (χ4n) is 1.61. The number of halogens is 1. The number of hydrogen-bond donors (Lipinski definition) is 1. The summed E-state index contributed by atoms with van der Waals surface area (Å²) >= 11 is 4.78. The molecule has 0 saturated carbocycles. The first-order valence-electron chi connectivity index (χ1n) is 5.72. The third kappa shape index (κ3) is 3.19. The molecule has 0 saturated heterocycles. The minimum Gasteiger partial charge on any atom is -0.369 e. The van der Waals surface area contributed by atoms with Crippen molar-refractivity contribution >= 4 is 33.6 Å². The molecule has 0 aliphatic heterocycles. The first-order valence-corrected chi connectivity index (χ1v) is 7.40. The van der Waals surface area contributed by atoms with Gasteiger partial charge in [0, 0.05) is 11.5 Å². The Bertz CT molecular complexity index is 594. The van der Waals surface area contributed by atoms with Crippen LogP contribution in [0.15, 0.2) is 40.1 Å². The summed E-state index contributed by atoms with van der Waals surface area (Å²) in [6.45, 7) is 1.78. The Morgan fingerprint density at radius 1 is 1.42 bits per heavy atom. The van der Waals surface area contributed by atoms with Crippen molar-refractivity contribution < 1.29 is 4.79 Å². The summed E-state index contributed by atoms with van der Waals surface area (Å²) in [7, 11) is 1.93. The summed E-state index contributed by atoms with van der Waals surface area (Å²) in [6, 6.07) is 8.02. The van der Waals surface area contributed by atoms with Gasteiger partial charge in [-0.05, 0) is 24.6 Å². The van der Waals surface area contributed by atoms with Crippen LogP contribution < -0.4 is 5.73 Å². The molecular weight excluding hydrogens is 326 g/mol. The van der Waals surface area contributed by atoms with E-state index in [1.165, 1.54) is 11.8 Å². The topological polar surface area (TPSA) is 60.9 Å². The number of benzene rings is 1. The highest BCUT2D eigenvalue weighted by atomic mass is 79.9. The van der Waals surface area contributed by atoms with Gasteiger partial charge in [0.15, 0.2) is 5.16 Å². The molecule has 2 aromatic rings. The largest absolute Gasteiger partial charge is 0.369 e. The Kier molecular flexibility index (Phi) is 4.31. The van der Waals surface area contributed by atoms with Crippen LogP contribution in [0.2, 0.25) is 0 Å². The van der Waals surface area contributed by atoms with Crippen LogP contribution in [0, 0.1) is 0 Å². The Morgan fingerprint density at radius 3 is 2.63 bits per heavy atom. The lowest BCUT2D eigenvalue weighted by molar-refractivity contribution is -0.117. The molecule has 100 valence electrons. The SMILES string of the molecule is C[C@H](Sc1ncc(-c2ccc(Br)cc2)n1C)C(N)=O. The van der Waals surface area contributed by atoms with E-state index in [1.807, 2.05) is 35.9 Å². The molecule has 1 amide bonds. The molecule has 1 heterocycles. The van der Waals surface area contributed by atoms with Gasteiger partial charge in [-0.15, -0.1) is 0 Å². The zero-order valence-corrected chi connectivity index (χ0v) is 13.0. The standard InChI is InChI=1S/C13H14BrN3OS/c1-8(12(15)18)19-13-16-7-11(17(13)2)9-3-5-10(14)6-4-9/h3-8H,1-2H3,(H2,15,18)/t8-/m0/s1. The maximum atomic E-state index is 11.1. The van der Waals surface area contributed by atoms with Crippen LogP contribution in [0.4, 0.5) is 0 Å². The van der Waals surface area contributed by atoms with Gasteiger partial charge in [-0.25, -0.2) is 4.98 Å². The minimum atomic E-state index is -0.335. The summed E-state index contributed by atoms with van der Waals surface area (Å²) in [5, 5.41) is 0.489. The number of hydrogen-bond acceptors (Lipinski definition) is 3. The fourth-order valence-corrected chi connectivity index (χ4v) is 2.67. The molecule has 19 heavy (non-hydrogen) atoms. The maximum absolute atomic E-state index is 11.1. The Hall–Kier alpha value is -1.27. The number of carbonyl (C=O) groups excluding carboxylic acids is 1. The highest BCUT2D eigenvalue weighted by Gasteiger charge is 2.15. The van der Waals surface area contributed by atoms with Crippen LogP contribution in [0.1, 0.15) is 6.92 Å². The van der Waals surface area contributed by atoms with Crippen LogP contribution in [0.25, 0.3) is 11.3 Å². The van der Waals surface area contributed by atoms with Gasteiger partial charge in [0.2, 0.25) is 5.91 Å². The van der Waals surface area contributed by atoms with Crippen LogP contribution >= 0.6 is 27.7 Å². The van der Waals surface area contributed by atoms with Crippen LogP contribution in [-0.4, -0.2) is 20.7 Å². The van der Waals surface area contributed by atoms with Gasteiger partial charge in [0.1, 0.15) is 0 Å². The van der Waals surface area contributed by atoms with E-state index in [9.17, 15) is 4.79 Å². The molecule has 2 N–H and O–H groups in total. The molecule has 1 atom stereocenters. The van der Waals surface area contributed by atoms with Gasteiger partial charge in [-0.1, -0.05) is 39.8 Å². The summed E-state index contributed by atoms with van der Waals surface area (Å²) in [5.41, 5.74) is 7.35. The molecule has 2 rings (SSSR count). The maximum Gasteiger partial charge on any atom is 0.230 e. The average Bonchev–Trinajstić information content (AvgIpc) is 2.72. The van der Waals surface area contributed by atoms with Crippen LogP contribution in [-0.2, 0) is 11.8 Å². The van der Waals surface area contributed by atoms with E-state index in [0.29, 0.717) is 0 Å². The van der Waals surface area contributed by atoms with Crippen molar-refractivity contribution in [3.8, 4) is 11.3 Å². The predicted octanol–water partition coefficient (Wildman–Crippen LogP) is 2.82. The summed E-state index contributed by atoms with van der Waals surface area (Å²) in [6.07, 6.45) is 1.80. The summed E-state index contributed by atoms with van der Waals surface area (Å²) < 4.78 is 3.00. The number of primary amides is 1. The minimum absolute atomic E-state index is 0.293. The Labute approximate surface area is 124 Å². The lowest BCUT2D eigenvalue weighted by atomic mass is 10.2. The van der Waals surface area contributed by atoms with Crippen molar-refractivity contribution in [3.63, 3.8) is 0 Å². The fraction of sp³-hybridized carbons (Fsp3) is 0.231. The second-order valence-corrected chi connectivity index (χ2v) is 6.38.